The highest BCUT2D eigenvalue weighted by atomic mass is 35.5. The van der Waals surface area contributed by atoms with Crippen molar-refractivity contribution in [2.75, 3.05) is 19.7 Å². The SMILES string of the molecule is CCCn1cc(Cl)c(C(=O)N2CCC[C@](COc3cccc(Cl)c3)(CC(N)=O)C2)n1. The number of nitrogens with two attached hydrogens (primary N) is 1. The number of carbonyl (C=O) groups is 2. The Labute approximate surface area is 186 Å². The Balaban J connectivity index is 1.77. The fourth-order valence-corrected chi connectivity index (χ4v) is 4.30. The van der Waals surface area contributed by atoms with Gasteiger partial charge >= 0.3 is 0 Å². The van der Waals surface area contributed by atoms with E-state index in [2.05, 4.69) is 5.10 Å². The van der Waals surface area contributed by atoms with Crippen LogP contribution in [0.1, 0.15) is 43.1 Å². The van der Waals surface area contributed by atoms with Crippen molar-refractivity contribution < 1.29 is 14.3 Å². The van der Waals surface area contributed by atoms with E-state index < -0.39 is 11.3 Å². The molecule has 9 heteroatoms. The molecule has 2 amide bonds. The predicted octanol–water partition coefficient (Wildman–Crippen LogP) is 3.78. The molecule has 0 radical (unpaired) electrons. The Morgan fingerprint density at radius 1 is 1.33 bits per heavy atom. The summed E-state index contributed by atoms with van der Waals surface area (Å²) in [5.41, 5.74) is 5.19. The molecule has 1 aromatic heterocycles. The Kier molecular flexibility index (Phi) is 7.26. The summed E-state index contributed by atoms with van der Waals surface area (Å²) >= 11 is 12.3. The first kappa shape index (κ1) is 22.4. The van der Waals surface area contributed by atoms with Crippen LogP contribution in [0, 0.1) is 5.41 Å². The summed E-state index contributed by atoms with van der Waals surface area (Å²) in [6.07, 6.45) is 4.12. The van der Waals surface area contributed by atoms with Crippen LogP contribution in [-0.2, 0) is 11.3 Å². The average molecular weight is 453 g/mol. The summed E-state index contributed by atoms with van der Waals surface area (Å²) in [5.74, 6) is -0.0634. The normalized spacial score (nSPS) is 19.0. The topological polar surface area (TPSA) is 90.5 Å². The maximum atomic E-state index is 13.1. The van der Waals surface area contributed by atoms with E-state index in [1.54, 1.807) is 40.0 Å². The van der Waals surface area contributed by atoms with Gasteiger partial charge in [-0.25, -0.2) is 0 Å². The number of aryl methyl sites for hydroxylation is 1. The third-order valence-corrected chi connectivity index (χ3v) is 5.72. The first-order valence-electron chi connectivity index (χ1n) is 10.0. The molecule has 1 atom stereocenters. The highest BCUT2D eigenvalue weighted by Crippen LogP contribution is 2.35. The van der Waals surface area contributed by atoms with Gasteiger partial charge in [0.05, 0.1) is 11.6 Å². The van der Waals surface area contributed by atoms with Crippen molar-refractivity contribution in [1.29, 1.82) is 0 Å². The molecular weight excluding hydrogens is 427 g/mol. The first-order chi connectivity index (χ1) is 14.3. The zero-order valence-corrected chi connectivity index (χ0v) is 18.5. The molecule has 0 aliphatic carbocycles. The van der Waals surface area contributed by atoms with Crippen LogP contribution in [0.15, 0.2) is 30.5 Å². The van der Waals surface area contributed by atoms with Crippen molar-refractivity contribution in [3.8, 4) is 5.75 Å². The smallest absolute Gasteiger partial charge is 0.275 e. The standard InChI is InChI=1S/C21H26Cl2N4O3/c1-2-8-27-12-17(23)19(25-27)20(29)26-9-4-7-21(13-26,11-18(24)28)14-30-16-6-3-5-15(22)10-16/h3,5-6,10,12H,2,4,7-9,11,13-14H2,1H3,(H2,24,28)/t21-/m0/s1. The van der Waals surface area contributed by atoms with E-state index in [1.165, 1.54) is 0 Å². The second-order valence-electron chi connectivity index (χ2n) is 7.81. The first-order valence-corrected chi connectivity index (χ1v) is 10.8. The molecule has 0 saturated carbocycles. The van der Waals surface area contributed by atoms with Gasteiger partial charge in [-0.05, 0) is 37.5 Å². The number of ether oxygens (including phenoxy) is 1. The zero-order chi connectivity index (χ0) is 21.7. The quantitative estimate of drug-likeness (QED) is 0.659. The predicted molar refractivity (Wildman–Crippen MR) is 116 cm³/mol. The minimum atomic E-state index is -0.583. The van der Waals surface area contributed by atoms with Crippen LogP contribution in [-0.4, -0.2) is 46.2 Å². The summed E-state index contributed by atoms with van der Waals surface area (Å²) in [5, 5.41) is 5.24. The summed E-state index contributed by atoms with van der Waals surface area (Å²) in [4.78, 5) is 26.6. The molecule has 1 aliphatic rings. The number of carbonyl (C=O) groups excluding carboxylic acids is 2. The molecule has 1 fully saturated rings. The average Bonchev–Trinajstić information content (AvgIpc) is 3.06. The number of hydrogen-bond donors (Lipinski definition) is 1. The van der Waals surface area contributed by atoms with Gasteiger partial charge in [-0.2, -0.15) is 5.10 Å². The molecule has 0 unspecified atom stereocenters. The van der Waals surface area contributed by atoms with Gasteiger partial charge in [0.15, 0.2) is 5.69 Å². The van der Waals surface area contributed by atoms with E-state index in [4.69, 9.17) is 33.7 Å². The second kappa shape index (κ2) is 9.71. The van der Waals surface area contributed by atoms with Gasteiger partial charge in [-0.3, -0.25) is 14.3 Å². The number of likely N-dealkylation sites (tertiary alicyclic amines) is 1. The third kappa shape index (κ3) is 5.46. The van der Waals surface area contributed by atoms with Crippen LogP contribution in [0.25, 0.3) is 0 Å². The van der Waals surface area contributed by atoms with Gasteiger partial charge in [-0.1, -0.05) is 36.2 Å². The monoisotopic (exact) mass is 452 g/mol. The van der Waals surface area contributed by atoms with E-state index >= 15 is 0 Å². The Hall–Kier alpha value is -2.25. The number of hydrogen-bond acceptors (Lipinski definition) is 4. The van der Waals surface area contributed by atoms with Gasteiger partial charge in [0.25, 0.3) is 5.91 Å². The van der Waals surface area contributed by atoms with E-state index in [0.29, 0.717) is 35.4 Å². The molecule has 0 spiro atoms. The van der Waals surface area contributed by atoms with Crippen molar-refractivity contribution in [2.24, 2.45) is 11.1 Å². The number of aromatic nitrogens is 2. The molecule has 2 N–H and O–H groups in total. The molecule has 1 aliphatic heterocycles. The second-order valence-corrected chi connectivity index (χ2v) is 8.65. The molecule has 1 aromatic carbocycles. The molecule has 3 rings (SSSR count). The number of rotatable bonds is 8. The largest absolute Gasteiger partial charge is 0.493 e. The summed E-state index contributed by atoms with van der Waals surface area (Å²) in [7, 11) is 0. The molecule has 162 valence electrons. The van der Waals surface area contributed by atoms with Crippen molar-refractivity contribution >= 4 is 35.0 Å². The lowest BCUT2D eigenvalue weighted by Gasteiger charge is -2.41. The number of primary amides is 1. The fraction of sp³-hybridized carbons (Fsp3) is 0.476. The number of nitrogens with zero attached hydrogens (tertiary/aromatic N) is 3. The van der Waals surface area contributed by atoms with Gasteiger partial charge in [0.2, 0.25) is 5.91 Å². The molecular formula is C21H26Cl2N4O3. The highest BCUT2D eigenvalue weighted by molar-refractivity contribution is 6.33. The van der Waals surface area contributed by atoms with Crippen LogP contribution in [0.5, 0.6) is 5.75 Å². The Morgan fingerprint density at radius 3 is 2.83 bits per heavy atom. The van der Waals surface area contributed by atoms with Crippen molar-refractivity contribution in [3.63, 3.8) is 0 Å². The van der Waals surface area contributed by atoms with Crippen LogP contribution >= 0.6 is 23.2 Å². The van der Waals surface area contributed by atoms with Crippen molar-refractivity contribution in [1.82, 2.24) is 14.7 Å². The van der Waals surface area contributed by atoms with Gasteiger partial charge < -0.3 is 15.4 Å². The molecule has 0 bridgehead atoms. The van der Waals surface area contributed by atoms with E-state index in [9.17, 15) is 9.59 Å². The number of amides is 2. The lowest BCUT2D eigenvalue weighted by Crippen LogP contribution is -2.50. The highest BCUT2D eigenvalue weighted by Gasteiger charge is 2.40. The van der Waals surface area contributed by atoms with Gasteiger partial charge in [0.1, 0.15) is 5.75 Å². The molecule has 1 saturated heterocycles. The fourth-order valence-electron chi connectivity index (χ4n) is 3.89. The zero-order valence-electron chi connectivity index (χ0n) is 16.9. The summed E-state index contributed by atoms with van der Waals surface area (Å²) in [6.45, 7) is 3.86. The third-order valence-electron chi connectivity index (χ3n) is 5.21. The number of benzene rings is 1. The lowest BCUT2D eigenvalue weighted by atomic mass is 9.77. The van der Waals surface area contributed by atoms with E-state index in [-0.39, 0.29) is 24.6 Å². The van der Waals surface area contributed by atoms with Gasteiger partial charge in [0, 0.05) is 42.7 Å². The van der Waals surface area contributed by atoms with Crippen molar-refractivity contribution in [2.45, 2.75) is 39.2 Å². The summed E-state index contributed by atoms with van der Waals surface area (Å²) < 4.78 is 7.63. The minimum absolute atomic E-state index is 0.120. The molecule has 2 aromatic rings. The van der Waals surface area contributed by atoms with Crippen LogP contribution in [0.3, 0.4) is 0 Å². The number of halogens is 2. The van der Waals surface area contributed by atoms with Crippen LogP contribution < -0.4 is 10.5 Å². The van der Waals surface area contributed by atoms with E-state index in [0.717, 1.165) is 19.3 Å². The maximum absolute atomic E-state index is 13.1. The van der Waals surface area contributed by atoms with Gasteiger partial charge in [-0.15, -0.1) is 0 Å². The molecule has 30 heavy (non-hydrogen) atoms. The maximum Gasteiger partial charge on any atom is 0.275 e. The lowest BCUT2D eigenvalue weighted by molar-refractivity contribution is -0.122. The Bertz CT molecular complexity index is 917. The number of piperidine rings is 1. The van der Waals surface area contributed by atoms with Crippen molar-refractivity contribution in [3.05, 3.63) is 46.2 Å². The summed E-state index contributed by atoms with van der Waals surface area (Å²) in [6, 6.07) is 7.07. The molecule has 7 nitrogen and oxygen atoms in total. The van der Waals surface area contributed by atoms with Crippen LogP contribution in [0.4, 0.5) is 0 Å². The molecule has 2 heterocycles. The van der Waals surface area contributed by atoms with Crippen LogP contribution in [0.2, 0.25) is 10.0 Å². The Morgan fingerprint density at radius 2 is 2.13 bits per heavy atom. The minimum Gasteiger partial charge on any atom is -0.493 e. The van der Waals surface area contributed by atoms with E-state index in [1.807, 2.05) is 6.92 Å².